The van der Waals surface area contributed by atoms with Crippen LogP contribution in [0.4, 0.5) is 0 Å². The van der Waals surface area contributed by atoms with E-state index in [1.54, 1.807) is 19.1 Å². The fourth-order valence-electron chi connectivity index (χ4n) is 4.95. The number of halogens is 1. The Morgan fingerprint density at radius 3 is 2.35 bits per heavy atom. The van der Waals surface area contributed by atoms with Gasteiger partial charge in [-0.1, -0.05) is 85.1 Å². The molecule has 4 rings (SSSR count). The molecule has 1 heterocycles. The van der Waals surface area contributed by atoms with E-state index in [1.807, 2.05) is 42.5 Å². The summed E-state index contributed by atoms with van der Waals surface area (Å²) in [4.78, 5) is 40.9. The molecule has 40 heavy (non-hydrogen) atoms. The van der Waals surface area contributed by atoms with Gasteiger partial charge in [0.15, 0.2) is 0 Å². The molecule has 0 unspecified atom stereocenters. The van der Waals surface area contributed by atoms with E-state index in [0.29, 0.717) is 30.8 Å². The second-order valence-corrected chi connectivity index (χ2v) is 10.6. The molecule has 1 atom stereocenters. The number of rotatable bonds is 14. The average Bonchev–Trinajstić information content (AvgIpc) is 3.32. The van der Waals surface area contributed by atoms with Crippen LogP contribution in [0.2, 0.25) is 5.02 Å². The first-order valence-corrected chi connectivity index (χ1v) is 14.2. The van der Waals surface area contributed by atoms with Crippen molar-refractivity contribution in [3.05, 3.63) is 95.0 Å². The third-order valence-electron chi connectivity index (χ3n) is 7.00. The fraction of sp³-hybridized carbons (Fsp3) is 0.303. The maximum atomic E-state index is 13.3. The molecule has 0 bridgehead atoms. The van der Waals surface area contributed by atoms with Crippen molar-refractivity contribution in [1.82, 2.24) is 15.6 Å². The van der Waals surface area contributed by atoms with Crippen molar-refractivity contribution in [1.29, 1.82) is 0 Å². The molecule has 0 spiro atoms. The SMILES string of the molecule is CC(=O)CCCCC[C@H](NC(=O)Cc1ccc(Cl)cc1)C(=O)NCCc1c(-c2ccccc2)[nH]c2ccccc12. The summed E-state index contributed by atoms with van der Waals surface area (Å²) in [5.41, 5.74) is 5.18. The number of carbonyl (C=O) groups is 3. The first kappa shape index (κ1) is 29.1. The van der Waals surface area contributed by atoms with Crippen molar-refractivity contribution in [2.45, 2.75) is 57.9 Å². The highest BCUT2D eigenvalue weighted by atomic mass is 35.5. The summed E-state index contributed by atoms with van der Waals surface area (Å²) in [5, 5.41) is 7.74. The molecule has 0 aliphatic heterocycles. The van der Waals surface area contributed by atoms with Gasteiger partial charge in [-0.2, -0.15) is 0 Å². The van der Waals surface area contributed by atoms with E-state index in [1.165, 1.54) is 0 Å². The van der Waals surface area contributed by atoms with Crippen molar-refractivity contribution in [3.63, 3.8) is 0 Å². The van der Waals surface area contributed by atoms with Crippen LogP contribution in [0.5, 0.6) is 0 Å². The number of ketones is 1. The molecule has 0 saturated heterocycles. The van der Waals surface area contributed by atoms with Crippen LogP contribution in [0.15, 0.2) is 78.9 Å². The summed E-state index contributed by atoms with van der Waals surface area (Å²) in [7, 11) is 0. The smallest absolute Gasteiger partial charge is 0.242 e. The molecule has 0 aliphatic carbocycles. The first-order chi connectivity index (χ1) is 19.4. The van der Waals surface area contributed by atoms with Gasteiger partial charge in [-0.25, -0.2) is 0 Å². The number of unbranched alkanes of at least 4 members (excludes halogenated alkanes) is 2. The zero-order chi connectivity index (χ0) is 28.3. The van der Waals surface area contributed by atoms with Gasteiger partial charge in [0.25, 0.3) is 0 Å². The lowest BCUT2D eigenvalue weighted by Gasteiger charge is -2.19. The van der Waals surface area contributed by atoms with Gasteiger partial charge < -0.3 is 20.4 Å². The summed E-state index contributed by atoms with van der Waals surface area (Å²) >= 11 is 5.96. The Kier molecular flexibility index (Phi) is 10.5. The minimum atomic E-state index is -0.645. The largest absolute Gasteiger partial charge is 0.354 e. The molecule has 208 valence electrons. The van der Waals surface area contributed by atoms with Crippen molar-refractivity contribution >= 4 is 40.1 Å². The van der Waals surface area contributed by atoms with E-state index in [2.05, 4.69) is 39.9 Å². The molecule has 4 aromatic rings. The Labute approximate surface area is 240 Å². The molecule has 0 saturated carbocycles. The number of benzene rings is 3. The molecule has 2 amide bonds. The Morgan fingerprint density at radius 1 is 0.875 bits per heavy atom. The number of aromatic amines is 1. The van der Waals surface area contributed by atoms with Crippen LogP contribution < -0.4 is 10.6 Å². The normalized spacial score (nSPS) is 11.8. The monoisotopic (exact) mass is 557 g/mol. The fourth-order valence-corrected chi connectivity index (χ4v) is 5.07. The molecule has 6 nitrogen and oxygen atoms in total. The summed E-state index contributed by atoms with van der Waals surface area (Å²) in [6, 6.07) is 24.8. The van der Waals surface area contributed by atoms with Gasteiger partial charge in [-0.15, -0.1) is 0 Å². The van der Waals surface area contributed by atoms with Crippen molar-refractivity contribution in [2.75, 3.05) is 6.54 Å². The summed E-state index contributed by atoms with van der Waals surface area (Å²) in [6.45, 7) is 2.03. The van der Waals surface area contributed by atoms with Gasteiger partial charge >= 0.3 is 0 Å². The lowest BCUT2D eigenvalue weighted by atomic mass is 10.0. The van der Waals surface area contributed by atoms with Gasteiger partial charge in [0.1, 0.15) is 11.8 Å². The number of amides is 2. The molecule has 0 radical (unpaired) electrons. The van der Waals surface area contributed by atoms with Crippen LogP contribution in [0, 0.1) is 0 Å². The second kappa shape index (κ2) is 14.5. The highest BCUT2D eigenvalue weighted by Gasteiger charge is 2.21. The van der Waals surface area contributed by atoms with Gasteiger partial charge in [-0.05, 0) is 61.1 Å². The van der Waals surface area contributed by atoms with Crippen molar-refractivity contribution < 1.29 is 14.4 Å². The Morgan fingerprint density at radius 2 is 1.60 bits per heavy atom. The van der Waals surface area contributed by atoms with E-state index in [9.17, 15) is 14.4 Å². The molecule has 0 fully saturated rings. The van der Waals surface area contributed by atoms with Crippen LogP contribution >= 0.6 is 11.6 Å². The molecule has 0 aliphatic rings. The zero-order valence-electron chi connectivity index (χ0n) is 22.8. The predicted octanol–water partition coefficient (Wildman–Crippen LogP) is 6.41. The number of aromatic nitrogens is 1. The van der Waals surface area contributed by atoms with Gasteiger partial charge in [0.2, 0.25) is 11.8 Å². The Hall–Kier alpha value is -3.90. The number of hydrogen-bond acceptors (Lipinski definition) is 3. The van der Waals surface area contributed by atoms with Crippen molar-refractivity contribution in [2.24, 2.45) is 0 Å². The van der Waals surface area contributed by atoms with Gasteiger partial charge in [-0.3, -0.25) is 9.59 Å². The maximum absolute atomic E-state index is 13.3. The number of nitrogens with one attached hydrogen (secondary N) is 3. The third-order valence-corrected chi connectivity index (χ3v) is 7.25. The van der Waals surface area contributed by atoms with Crippen LogP contribution in [-0.2, 0) is 27.2 Å². The summed E-state index contributed by atoms with van der Waals surface area (Å²) in [5.74, 6) is -0.246. The highest BCUT2D eigenvalue weighted by Crippen LogP contribution is 2.30. The summed E-state index contributed by atoms with van der Waals surface area (Å²) in [6.07, 6.45) is 4.21. The number of H-pyrrole nitrogens is 1. The number of hydrogen-bond donors (Lipinski definition) is 3. The first-order valence-electron chi connectivity index (χ1n) is 13.9. The number of carbonyl (C=O) groups excluding carboxylic acids is 3. The Bertz CT molecular complexity index is 1430. The van der Waals surface area contributed by atoms with Crippen molar-refractivity contribution in [3.8, 4) is 11.3 Å². The van der Waals surface area contributed by atoms with E-state index in [-0.39, 0.29) is 24.0 Å². The molecule has 7 heteroatoms. The predicted molar refractivity (Wildman–Crippen MR) is 161 cm³/mol. The van der Waals surface area contributed by atoms with Crippen LogP contribution in [0.3, 0.4) is 0 Å². The number of para-hydroxylation sites is 1. The standard InChI is InChI=1S/C33H36ClN3O3/c1-23(38)10-4-2-7-15-30(36-31(39)22-24-16-18-26(34)19-17-24)33(40)35-21-20-28-27-13-8-9-14-29(27)37-32(28)25-11-5-3-6-12-25/h3,5-6,8-9,11-14,16-19,30,37H,2,4,7,10,15,20-22H2,1H3,(H,35,40)(H,36,39)/t30-/m0/s1. The lowest BCUT2D eigenvalue weighted by molar-refractivity contribution is -0.128. The lowest BCUT2D eigenvalue weighted by Crippen LogP contribution is -2.47. The minimum absolute atomic E-state index is 0.165. The summed E-state index contributed by atoms with van der Waals surface area (Å²) < 4.78 is 0. The van der Waals surface area contributed by atoms with E-state index >= 15 is 0 Å². The second-order valence-electron chi connectivity index (χ2n) is 10.2. The van der Waals surface area contributed by atoms with E-state index in [0.717, 1.165) is 52.5 Å². The van der Waals surface area contributed by atoms with Crippen LogP contribution in [-0.4, -0.2) is 35.2 Å². The molecular weight excluding hydrogens is 522 g/mol. The number of fused-ring (bicyclic) bond motifs is 1. The van der Waals surface area contributed by atoms with Crippen LogP contribution in [0.25, 0.3) is 22.2 Å². The van der Waals surface area contributed by atoms with Gasteiger partial charge in [0, 0.05) is 34.6 Å². The maximum Gasteiger partial charge on any atom is 0.242 e. The quantitative estimate of drug-likeness (QED) is 0.156. The van der Waals surface area contributed by atoms with Crippen LogP contribution in [0.1, 0.15) is 50.2 Å². The number of Topliss-reactive ketones (excluding diaryl/α,β-unsaturated/α-hetero) is 1. The van der Waals surface area contributed by atoms with E-state index in [4.69, 9.17) is 11.6 Å². The minimum Gasteiger partial charge on any atom is -0.354 e. The van der Waals surface area contributed by atoms with E-state index < -0.39 is 6.04 Å². The Balaban J connectivity index is 1.41. The van der Waals surface area contributed by atoms with Gasteiger partial charge in [0.05, 0.1) is 6.42 Å². The molecule has 1 aromatic heterocycles. The average molecular weight is 558 g/mol. The highest BCUT2D eigenvalue weighted by molar-refractivity contribution is 6.30. The molecule has 3 aromatic carbocycles. The zero-order valence-corrected chi connectivity index (χ0v) is 23.6. The molecular formula is C33H36ClN3O3. The molecule has 3 N–H and O–H groups in total. The topological polar surface area (TPSA) is 91.1 Å². The third kappa shape index (κ3) is 8.30.